The van der Waals surface area contributed by atoms with Crippen molar-refractivity contribution in [2.24, 2.45) is 0 Å². The Morgan fingerprint density at radius 3 is 2.82 bits per heavy atom. The van der Waals surface area contributed by atoms with E-state index >= 15 is 0 Å². The molecule has 1 aliphatic heterocycles. The molecule has 0 bridgehead atoms. The second-order valence-corrected chi connectivity index (χ2v) is 8.03. The number of unbranched alkanes of at least 4 members (excludes halogenated alkanes) is 1. The van der Waals surface area contributed by atoms with Gasteiger partial charge in [-0.1, -0.05) is 12.6 Å². The van der Waals surface area contributed by atoms with Crippen LogP contribution in [0.25, 0.3) is 0 Å². The van der Waals surface area contributed by atoms with Gasteiger partial charge in [0.05, 0.1) is 0 Å². The standard InChI is InChI=1S/C22H36N4O2/c1-16(2)24-20(22(27)28)12-15-26(17(3)4)14-6-5-9-19-11-10-18-8-7-13-23-21(18)25-19/h10-11,17,20,24H,1,5-9,12-15H2,2-4H3,(H,23,25)(H,27,28). The van der Waals surface area contributed by atoms with Gasteiger partial charge >= 0.3 is 5.97 Å². The number of nitrogens with one attached hydrogen (secondary N) is 2. The highest BCUT2D eigenvalue weighted by Gasteiger charge is 2.19. The Kier molecular flexibility index (Phi) is 8.77. The van der Waals surface area contributed by atoms with E-state index in [2.05, 4.69) is 48.1 Å². The lowest BCUT2D eigenvalue weighted by molar-refractivity contribution is -0.139. The summed E-state index contributed by atoms with van der Waals surface area (Å²) in [5, 5.41) is 15.7. The van der Waals surface area contributed by atoms with E-state index in [-0.39, 0.29) is 0 Å². The van der Waals surface area contributed by atoms with Crippen LogP contribution >= 0.6 is 0 Å². The number of hydrogen-bond acceptors (Lipinski definition) is 5. The summed E-state index contributed by atoms with van der Waals surface area (Å²) in [7, 11) is 0. The highest BCUT2D eigenvalue weighted by Crippen LogP contribution is 2.20. The van der Waals surface area contributed by atoms with Gasteiger partial charge in [-0.15, -0.1) is 0 Å². The van der Waals surface area contributed by atoms with Gasteiger partial charge in [0, 0.05) is 30.5 Å². The minimum absolute atomic E-state index is 0.394. The average Bonchev–Trinajstić information content (AvgIpc) is 2.65. The molecule has 1 aliphatic rings. The Bertz CT molecular complexity index is 660. The molecule has 0 amide bonds. The summed E-state index contributed by atoms with van der Waals surface area (Å²) in [6.45, 7) is 12.6. The number of aliphatic carboxylic acids is 1. The smallest absolute Gasteiger partial charge is 0.326 e. The molecular formula is C22H36N4O2. The summed E-state index contributed by atoms with van der Waals surface area (Å²) in [6.07, 6.45) is 6.02. The Balaban J connectivity index is 1.76. The number of rotatable bonds is 12. The minimum atomic E-state index is -0.821. The van der Waals surface area contributed by atoms with E-state index < -0.39 is 12.0 Å². The lowest BCUT2D eigenvalue weighted by atomic mass is 10.1. The summed E-state index contributed by atoms with van der Waals surface area (Å²) in [5.74, 6) is 0.246. The van der Waals surface area contributed by atoms with E-state index in [9.17, 15) is 9.90 Å². The summed E-state index contributed by atoms with van der Waals surface area (Å²) in [6, 6.07) is 4.19. The molecule has 0 aromatic carbocycles. The van der Waals surface area contributed by atoms with Crippen LogP contribution in [0, 0.1) is 0 Å². The normalized spacial score (nSPS) is 14.5. The first-order valence-corrected chi connectivity index (χ1v) is 10.5. The fourth-order valence-corrected chi connectivity index (χ4v) is 3.61. The van der Waals surface area contributed by atoms with Gasteiger partial charge in [-0.05, 0) is 77.5 Å². The zero-order valence-electron chi connectivity index (χ0n) is 17.6. The predicted molar refractivity (Wildman–Crippen MR) is 115 cm³/mol. The van der Waals surface area contributed by atoms with Crippen molar-refractivity contribution in [3.05, 3.63) is 35.7 Å². The van der Waals surface area contributed by atoms with E-state index in [0.717, 1.165) is 56.8 Å². The van der Waals surface area contributed by atoms with Crippen LogP contribution in [0.1, 0.15) is 57.7 Å². The molecule has 6 nitrogen and oxygen atoms in total. The number of pyridine rings is 1. The van der Waals surface area contributed by atoms with Crippen molar-refractivity contribution in [2.75, 3.05) is 25.0 Å². The third-order valence-corrected chi connectivity index (χ3v) is 5.23. The van der Waals surface area contributed by atoms with Crippen molar-refractivity contribution >= 4 is 11.8 Å². The Labute approximate surface area is 169 Å². The largest absolute Gasteiger partial charge is 0.480 e. The lowest BCUT2D eigenvalue weighted by Crippen LogP contribution is -2.41. The SMILES string of the molecule is C=C(C)NC(CCN(CCCCc1ccc2c(n1)NCCC2)C(C)C)C(=O)O. The Hall–Kier alpha value is -2.08. The summed E-state index contributed by atoms with van der Waals surface area (Å²) in [5.41, 5.74) is 3.17. The van der Waals surface area contributed by atoms with E-state index in [0.29, 0.717) is 18.2 Å². The molecule has 28 heavy (non-hydrogen) atoms. The van der Waals surface area contributed by atoms with Crippen molar-refractivity contribution in [1.29, 1.82) is 0 Å². The molecule has 1 unspecified atom stereocenters. The number of aryl methyl sites for hydroxylation is 2. The van der Waals surface area contributed by atoms with Gasteiger partial charge < -0.3 is 20.6 Å². The Morgan fingerprint density at radius 2 is 2.14 bits per heavy atom. The molecule has 0 saturated heterocycles. The van der Waals surface area contributed by atoms with Crippen LogP contribution in [0.5, 0.6) is 0 Å². The van der Waals surface area contributed by atoms with Crippen molar-refractivity contribution < 1.29 is 9.90 Å². The second-order valence-electron chi connectivity index (χ2n) is 8.03. The predicted octanol–water partition coefficient (Wildman–Crippen LogP) is 3.44. The molecule has 0 radical (unpaired) electrons. The molecule has 0 saturated carbocycles. The number of carboxylic acids is 1. The summed E-state index contributed by atoms with van der Waals surface area (Å²) in [4.78, 5) is 18.5. The average molecular weight is 389 g/mol. The molecule has 3 N–H and O–H groups in total. The van der Waals surface area contributed by atoms with Crippen molar-refractivity contribution in [3.8, 4) is 0 Å². The maximum absolute atomic E-state index is 11.4. The summed E-state index contributed by atoms with van der Waals surface area (Å²) >= 11 is 0. The first-order chi connectivity index (χ1) is 13.4. The fraction of sp³-hybridized carbons (Fsp3) is 0.636. The number of anilines is 1. The van der Waals surface area contributed by atoms with Gasteiger partial charge in [0.2, 0.25) is 0 Å². The van der Waals surface area contributed by atoms with Crippen LogP contribution in [0.2, 0.25) is 0 Å². The molecular weight excluding hydrogens is 352 g/mol. The van der Waals surface area contributed by atoms with E-state index in [1.807, 2.05) is 0 Å². The van der Waals surface area contributed by atoms with Gasteiger partial charge in [0.15, 0.2) is 0 Å². The van der Waals surface area contributed by atoms with Crippen LogP contribution in [0.3, 0.4) is 0 Å². The van der Waals surface area contributed by atoms with Crippen LogP contribution in [-0.2, 0) is 17.6 Å². The van der Waals surface area contributed by atoms with Gasteiger partial charge in [-0.3, -0.25) is 0 Å². The van der Waals surface area contributed by atoms with Gasteiger partial charge in [0.1, 0.15) is 11.9 Å². The third kappa shape index (κ3) is 7.15. The molecule has 156 valence electrons. The van der Waals surface area contributed by atoms with E-state index in [4.69, 9.17) is 4.98 Å². The molecule has 6 heteroatoms. The second kappa shape index (κ2) is 11.1. The molecule has 1 atom stereocenters. The maximum Gasteiger partial charge on any atom is 0.326 e. The zero-order valence-corrected chi connectivity index (χ0v) is 17.6. The van der Waals surface area contributed by atoms with Crippen LogP contribution in [0.4, 0.5) is 5.82 Å². The quantitative estimate of drug-likeness (QED) is 0.476. The van der Waals surface area contributed by atoms with Crippen LogP contribution in [-0.4, -0.2) is 52.7 Å². The van der Waals surface area contributed by atoms with Gasteiger partial charge in [0.25, 0.3) is 0 Å². The third-order valence-electron chi connectivity index (χ3n) is 5.23. The van der Waals surface area contributed by atoms with Crippen LogP contribution in [0.15, 0.2) is 24.4 Å². The molecule has 1 aromatic heterocycles. The molecule has 0 fully saturated rings. The number of carboxylic acid groups (broad SMARTS) is 1. The number of aromatic nitrogens is 1. The highest BCUT2D eigenvalue weighted by atomic mass is 16.4. The summed E-state index contributed by atoms with van der Waals surface area (Å²) < 4.78 is 0. The van der Waals surface area contributed by atoms with Crippen LogP contribution < -0.4 is 10.6 Å². The first-order valence-electron chi connectivity index (χ1n) is 10.5. The topological polar surface area (TPSA) is 77.5 Å². The van der Waals surface area contributed by atoms with Gasteiger partial charge in [-0.2, -0.15) is 0 Å². The first kappa shape index (κ1) is 22.2. The fourth-order valence-electron chi connectivity index (χ4n) is 3.61. The highest BCUT2D eigenvalue weighted by molar-refractivity contribution is 5.73. The number of allylic oxidation sites excluding steroid dienone is 1. The lowest BCUT2D eigenvalue weighted by Gasteiger charge is -2.28. The Morgan fingerprint density at radius 1 is 1.36 bits per heavy atom. The molecule has 0 spiro atoms. The molecule has 2 heterocycles. The van der Waals surface area contributed by atoms with Gasteiger partial charge in [-0.25, -0.2) is 9.78 Å². The number of fused-ring (bicyclic) bond motifs is 1. The number of carbonyl (C=O) groups is 1. The molecule has 0 aliphatic carbocycles. The van der Waals surface area contributed by atoms with E-state index in [1.54, 1.807) is 6.92 Å². The molecule has 2 rings (SSSR count). The number of hydrogen-bond donors (Lipinski definition) is 3. The van der Waals surface area contributed by atoms with Crippen molar-refractivity contribution in [3.63, 3.8) is 0 Å². The monoisotopic (exact) mass is 388 g/mol. The zero-order chi connectivity index (χ0) is 20.5. The van der Waals surface area contributed by atoms with Crippen molar-refractivity contribution in [1.82, 2.24) is 15.2 Å². The van der Waals surface area contributed by atoms with Crippen molar-refractivity contribution in [2.45, 2.75) is 71.4 Å². The number of nitrogens with zero attached hydrogens (tertiary/aromatic N) is 2. The van der Waals surface area contributed by atoms with E-state index in [1.165, 1.54) is 12.0 Å². The maximum atomic E-state index is 11.4. The minimum Gasteiger partial charge on any atom is -0.480 e. The molecule has 1 aromatic rings.